The second kappa shape index (κ2) is 12.6. The lowest BCUT2D eigenvalue weighted by Crippen LogP contribution is -2.56. The van der Waals surface area contributed by atoms with Crippen LogP contribution in [0.5, 0.6) is 5.75 Å². The van der Waals surface area contributed by atoms with E-state index in [9.17, 15) is 19.5 Å². The molecule has 1 spiro atoms. The molecular weight excluding hydrogens is 512 g/mol. The minimum Gasteiger partial charge on any atom is -0.497 e. The molecule has 9 nitrogen and oxygen atoms in total. The molecule has 40 heavy (non-hydrogen) atoms. The summed E-state index contributed by atoms with van der Waals surface area (Å²) in [5.41, 5.74) is -1.33. The number of anilines is 1. The van der Waals surface area contributed by atoms with Crippen molar-refractivity contribution in [1.82, 2.24) is 4.90 Å². The molecule has 3 aliphatic rings. The zero-order valence-corrected chi connectivity index (χ0v) is 23.7. The third kappa shape index (κ3) is 5.05. The van der Waals surface area contributed by atoms with Gasteiger partial charge in [0.1, 0.15) is 23.3 Å². The van der Waals surface area contributed by atoms with E-state index in [4.69, 9.17) is 14.2 Å². The normalized spacial score (nSPS) is 28.3. The van der Waals surface area contributed by atoms with Gasteiger partial charge in [0, 0.05) is 25.4 Å². The van der Waals surface area contributed by atoms with Gasteiger partial charge in [-0.15, -0.1) is 13.2 Å². The smallest absolute Gasteiger partial charge is 0.312 e. The van der Waals surface area contributed by atoms with Crippen LogP contribution in [0, 0.1) is 11.8 Å². The average molecular weight is 555 g/mol. The molecule has 3 saturated heterocycles. The highest BCUT2D eigenvalue weighted by Gasteiger charge is 2.79. The van der Waals surface area contributed by atoms with Crippen molar-refractivity contribution in [3.63, 3.8) is 0 Å². The van der Waals surface area contributed by atoms with Gasteiger partial charge in [0.05, 0.1) is 25.2 Å². The van der Waals surface area contributed by atoms with Gasteiger partial charge in [-0.05, 0) is 69.2 Å². The van der Waals surface area contributed by atoms with Gasteiger partial charge < -0.3 is 29.1 Å². The van der Waals surface area contributed by atoms with E-state index in [1.807, 2.05) is 6.92 Å². The summed E-state index contributed by atoms with van der Waals surface area (Å²) in [7, 11) is 1.58. The second-order valence-corrected chi connectivity index (χ2v) is 10.8. The molecule has 1 aromatic carbocycles. The molecule has 2 bridgehead atoms. The number of rotatable bonds is 15. The van der Waals surface area contributed by atoms with Crippen LogP contribution in [0.15, 0.2) is 49.6 Å². The van der Waals surface area contributed by atoms with Crippen molar-refractivity contribution < 1.29 is 33.7 Å². The van der Waals surface area contributed by atoms with Crippen LogP contribution in [-0.2, 0) is 23.9 Å². The number of hydrogen-bond donors (Lipinski definition) is 1. The van der Waals surface area contributed by atoms with Gasteiger partial charge in [-0.25, -0.2) is 0 Å². The summed E-state index contributed by atoms with van der Waals surface area (Å²) in [4.78, 5) is 45.5. The van der Waals surface area contributed by atoms with Crippen molar-refractivity contribution >= 4 is 23.5 Å². The zero-order chi connectivity index (χ0) is 28.9. The number of fused-ring (bicyclic) bond motifs is 1. The number of likely N-dealkylation sites (tertiary alicyclic amines) is 1. The maximum absolute atomic E-state index is 14.5. The Morgan fingerprint density at radius 1 is 1.18 bits per heavy atom. The summed E-state index contributed by atoms with van der Waals surface area (Å²) in [6.07, 6.45) is 7.39. The number of nitrogens with zero attached hydrogens (tertiary/aromatic N) is 2. The molecule has 2 amide bonds. The Labute approximate surface area is 236 Å². The summed E-state index contributed by atoms with van der Waals surface area (Å²) in [5, 5.41) is 9.26. The Kier molecular flexibility index (Phi) is 9.36. The van der Waals surface area contributed by atoms with Crippen LogP contribution >= 0.6 is 0 Å². The predicted octanol–water partition coefficient (Wildman–Crippen LogP) is 3.65. The van der Waals surface area contributed by atoms with Crippen LogP contribution < -0.4 is 9.64 Å². The predicted molar refractivity (Wildman–Crippen MR) is 151 cm³/mol. The minimum atomic E-state index is -1.13. The van der Waals surface area contributed by atoms with E-state index >= 15 is 0 Å². The summed E-state index contributed by atoms with van der Waals surface area (Å²) >= 11 is 0. The highest BCUT2D eigenvalue weighted by Crippen LogP contribution is 2.64. The number of ether oxygens (including phenoxy) is 3. The first kappa shape index (κ1) is 29.8. The largest absolute Gasteiger partial charge is 0.497 e. The monoisotopic (exact) mass is 554 g/mol. The number of esters is 1. The Balaban J connectivity index is 1.74. The number of methoxy groups -OCH3 is 1. The fourth-order valence-electron chi connectivity index (χ4n) is 6.86. The molecule has 0 aromatic heterocycles. The molecule has 1 N–H and O–H groups in total. The van der Waals surface area contributed by atoms with E-state index in [1.165, 1.54) is 0 Å². The van der Waals surface area contributed by atoms with Crippen molar-refractivity contribution in [3.8, 4) is 5.75 Å². The first-order chi connectivity index (χ1) is 19.3. The molecule has 3 aliphatic heterocycles. The van der Waals surface area contributed by atoms with Crippen LogP contribution in [0.25, 0.3) is 0 Å². The molecule has 3 fully saturated rings. The lowest BCUT2D eigenvalue weighted by molar-refractivity contribution is -0.160. The van der Waals surface area contributed by atoms with E-state index in [1.54, 1.807) is 53.3 Å². The van der Waals surface area contributed by atoms with Crippen molar-refractivity contribution in [2.75, 3.05) is 38.3 Å². The van der Waals surface area contributed by atoms with E-state index in [2.05, 4.69) is 13.2 Å². The van der Waals surface area contributed by atoms with Gasteiger partial charge in [0.15, 0.2) is 0 Å². The number of aliphatic hydroxyl groups excluding tert-OH is 1. The number of hydrogen-bond acceptors (Lipinski definition) is 7. The lowest BCUT2D eigenvalue weighted by atomic mass is 9.65. The number of amides is 2. The molecule has 0 aliphatic carbocycles. The molecule has 1 aromatic rings. The molecule has 5 atom stereocenters. The summed E-state index contributed by atoms with van der Waals surface area (Å²) in [6.45, 7) is 10.3. The first-order valence-corrected chi connectivity index (χ1v) is 14.3. The molecule has 0 saturated carbocycles. The quantitative estimate of drug-likeness (QED) is 0.200. The van der Waals surface area contributed by atoms with E-state index in [-0.39, 0.29) is 31.6 Å². The maximum atomic E-state index is 14.5. The fraction of sp³-hybridized carbons (Fsp3) is 0.581. The minimum absolute atomic E-state index is 0.0637. The summed E-state index contributed by atoms with van der Waals surface area (Å²) in [6, 6.07) is 6.27. The Bertz CT molecular complexity index is 1110. The van der Waals surface area contributed by atoms with Gasteiger partial charge in [-0.2, -0.15) is 0 Å². The topological polar surface area (TPSA) is 106 Å². The fourth-order valence-corrected chi connectivity index (χ4v) is 6.86. The number of benzene rings is 1. The summed E-state index contributed by atoms with van der Waals surface area (Å²) < 4.78 is 17.7. The number of carbonyl (C=O) groups is 3. The SMILES string of the molecule is C=CCCOC(=O)[C@@H]1[C@H]2C(=O)N(CCCCCO)C(C(=O)N(CC=C)c3ccc(OC)cc3)C23CC[C@@]1(CC)O3. The highest BCUT2D eigenvalue weighted by atomic mass is 16.6. The molecule has 4 rings (SSSR count). The van der Waals surface area contributed by atoms with Gasteiger partial charge in [0.2, 0.25) is 5.91 Å². The van der Waals surface area contributed by atoms with Gasteiger partial charge in [-0.1, -0.05) is 19.1 Å². The van der Waals surface area contributed by atoms with Crippen LogP contribution in [0.2, 0.25) is 0 Å². The zero-order valence-electron chi connectivity index (χ0n) is 23.7. The van der Waals surface area contributed by atoms with E-state index in [0.717, 1.165) is 0 Å². The number of unbranched alkanes of at least 4 members (excludes halogenated alkanes) is 2. The molecular formula is C31H42N2O7. The van der Waals surface area contributed by atoms with E-state index in [0.29, 0.717) is 62.9 Å². The van der Waals surface area contributed by atoms with Crippen molar-refractivity contribution in [1.29, 1.82) is 0 Å². The highest BCUT2D eigenvalue weighted by molar-refractivity contribution is 6.04. The van der Waals surface area contributed by atoms with Crippen LogP contribution in [0.1, 0.15) is 51.9 Å². The van der Waals surface area contributed by atoms with Crippen LogP contribution in [-0.4, -0.2) is 78.4 Å². The third-order valence-electron chi connectivity index (χ3n) is 8.75. The third-order valence-corrected chi connectivity index (χ3v) is 8.75. The standard InChI is InChI=1S/C31H42N2O7/c1-5-8-21-39-29(37)25-24-27(35)33(19-10-9-11-20-34)26(31(24)17-16-30(25,7-3)40-31)28(36)32(18-6-2)22-12-14-23(38-4)15-13-22/h5-6,12-15,24-26,34H,1-2,7-11,16-21H2,3-4H3/t24-,25-,26?,30+,31?/m0/s1. The molecule has 9 heteroatoms. The second-order valence-electron chi connectivity index (χ2n) is 10.8. The Hall–Kier alpha value is -3.17. The van der Waals surface area contributed by atoms with Gasteiger partial charge >= 0.3 is 5.97 Å². The average Bonchev–Trinajstić information content (AvgIpc) is 3.57. The van der Waals surface area contributed by atoms with Crippen LogP contribution in [0.4, 0.5) is 5.69 Å². The Morgan fingerprint density at radius 3 is 2.55 bits per heavy atom. The molecule has 3 heterocycles. The van der Waals surface area contributed by atoms with Crippen molar-refractivity contribution in [2.24, 2.45) is 11.8 Å². The van der Waals surface area contributed by atoms with Crippen molar-refractivity contribution in [2.45, 2.75) is 69.1 Å². The maximum Gasteiger partial charge on any atom is 0.312 e. The number of carbonyl (C=O) groups excluding carboxylic acids is 3. The van der Waals surface area contributed by atoms with Gasteiger partial charge in [0.25, 0.3) is 5.91 Å². The van der Waals surface area contributed by atoms with Crippen LogP contribution in [0.3, 0.4) is 0 Å². The van der Waals surface area contributed by atoms with Crippen molar-refractivity contribution in [3.05, 3.63) is 49.6 Å². The summed E-state index contributed by atoms with van der Waals surface area (Å²) in [5.74, 6) is -1.88. The Morgan fingerprint density at radius 2 is 1.93 bits per heavy atom. The number of aliphatic hydroxyl groups is 1. The molecule has 218 valence electrons. The van der Waals surface area contributed by atoms with E-state index < -0.39 is 35.0 Å². The van der Waals surface area contributed by atoms with Gasteiger partial charge in [-0.3, -0.25) is 14.4 Å². The lowest BCUT2D eigenvalue weighted by Gasteiger charge is -2.37. The molecule has 0 radical (unpaired) electrons. The molecule has 2 unspecified atom stereocenters. The first-order valence-electron chi connectivity index (χ1n) is 14.3.